The average molecular weight is 504 g/mol. The van der Waals surface area contributed by atoms with Crippen molar-refractivity contribution in [3.8, 4) is 5.75 Å². The van der Waals surface area contributed by atoms with Crippen molar-refractivity contribution >= 4 is 34.9 Å². The van der Waals surface area contributed by atoms with Crippen molar-refractivity contribution in [3.05, 3.63) is 69.1 Å². The van der Waals surface area contributed by atoms with E-state index in [9.17, 15) is 41.0 Å². The first-order valence-corrected chi connectivity index (χ1v) is 10.1. The summed E-state index contributed by atoms with van der Waals surface area (Å²) in [5, 5.41) is 11.6. The third-order valence-corrected chi connectivity index (χ3v) is 5.36. The maximum atomic E-state index is 13.3. The van der Waals surface area contributed by atoms with E-state index in [0.29, 0.717) is 22.6 Å². The minimum Gasteiger partial charge on any atom is -0.488 e. The van der Waals surface area contributed by atoms with Gasteiger partial charge in [0.1, 0.15) is 23.8 Å². The molecule has 34 heavy (non-hydrogen) atoms. The van der Waals surface area contributed by atoms with E-state index in [1.165, 1.54) is 31.3 Å². The maximum absolute atomic E-state index is 13.3. The number of hydrogen-bond donors (Lipinski definition) is 2. The van der Waals surface area contributed by atoms with Gasteiger partial charge in [-0.1, -0.05) is 12.1 Å². The topological polar surface area (TPSA) is 88.0 Å². The number of aromatic carboxylic acids is 1. The maximum Gasteiger partial charge on any atom is 0.416 e. The Morgan fingerprint density at radius 2 is 1.82 bits per heavy atom. The molecule has 1 heterocycles. The molecule has 1 aliphatic rings. The van der Waals surface area contributed by atoms with Gasteiger partial charge in [-0.05, 0) is 47.7 Å². The summed E-state index contributed by atoms with van der Waals surface area (Å²) in [6.07, 6.45) is -8.58. The number of carbonyl (C=O) groups excluding carboxylic acids is 1. The van der Waals surface area contributed by atoms with E-state index >= 15 is 0 Å². The Morgan fingerprint density at radius 1 is 1.12 bits per heavy atom. The monoisotopic (exact) mass is 504 g/mol. The quantitative estimate of drug-likeness (QED) is 0.501. The molecule has 0 aromatic heterocycles. The summed E-state index contributed by atoms with van der Waals surface area (Å²) >= 11 is 0.841. The Balaban J connectivity index is 1.91. The molecule has 1 fully saturated rings. The Bertz CT molecular complexity index is 1200. The standard InChI is InChI=1S/C21H14F6N2O4S/c1-28-17-16(34-19(32)29-17)7-10-2-5-15(13(6-10)18(30)31)33-9-11-3-4-12(20(22,23)24)8-14(11)21(25,26)27/h2-8H,9H2,1H3,(H,30,31)(H,28,29,32). The van der Waals surface area contributed by atoms with E-state index in [2.05, 4.69) is 10.3 Å². The van der Waals surface area contributed by atoms with Gasteiger partial charge in [-0.25, -0.2) is 4.79 Å². The Labute approximate surface area is 192 Å². The van der Waals surface area contributed by atoms with Crippen molar-refractivity contribution in [2.45, 2.75) is 19.0 Å². The predicted molar refractivity (Wildman–Crippen MR) is 112 cm³/mol. The highest BCUT2D eigenvalue weighted by atomic mass is 32.2. The number of benzene rings is 2. The fourth-order valence-electron chi connectivity index (χ4n) is 2.98. The highest BCUT2D eigenvalue weighted by Gasteiger charge is 2.38. The largest absolute Gasteiger partial charge is 0.488 e. The number of amides is 1. The first-order chi connectivity index (χ1) is 15.8. The summed E-state index contributed by atoms with van der Waals surface area (Å²) in [7, 11) is 1.45. The van der Waals surface area contributed by atoms with Crippen LogP contribution in [0.4, 0.5) is 31.1 Å². The third-order valence-electron chi connectivity index (χ3n) is 4.54. The van der Waals surface area contributed by atoms with Crippen molar-refractivity contribution < 1.29 is 45.8 Å². The molecule has 0 bridgehead atoms. The van der Waals surface area contributed by atoms with Crippen LogP contribution in [0.15, 0.2) is 46.3 Å². The number of amidine groups is 1. The van der Waals surface area contributed by atoms with E-state index in [4.69, 9.17) is 4.74 Å². The van der Waals surface area contributed by atoms with Crippen LogP contribution >= 0.6 is 11.8 Å². The number of carbonyl (C=O) groups is 2. The summed E-state index contributed by atoms with van der Waals surface area (Å²) in [5.74, 6) is -1.45. The number of nitrogens with zero attached hydrogens (tertiary/aromatic N) is 1. The number of thioether (sulfide) groups is 1. The van der Waals surface area contributed by atoms with Crippen LogP contribution in [0.3, 0.4) is 0 Å². The Kier molecular flexibility index (Phi) is 6.96. The number of ether oxygens (including phenoxy) is 1. The van der Waals surface area contributed by atoms with Gasteiger partial charge in [0, 0.05) is 12.6 Å². The molecule has 2 N–H and O–H groups in total. The van der Waals surface area contributed by atoms with E-state index in [1.54, 1.807) is 0 Å². The zero-order chi connectivity index (χ0) is 25.3. The molecule has 0 spiro atoms. The van der Waals surface area contributed by atoms with Crippen molar-refractivity contribution in [2.24, 2.45) is 4.99 Å². The number of hydrogen-bond acceptors (Lipinski definition) is 5. The van der Waals surface area contributed by atoms with Crippen molar-refractivity contribution in [3.63, 3.8) is 0 Å². The number of rotatable bonds is 5. The van der Waals surface area contributed by atoms with Crippen LogP contribution in [-0.4, -0.2) is 29.2 Å². The first kappa shape index (κ1) is 25.1. The number of carboxylic acid groups (broad SMARTS) is 1. The molecular weight excluding hydrogens is 490 g/mol. The van der Waals surface area contributed by atoms with E-state index < -0.39 is 47.2 Å². The lowest BCUT2D eigenvalue weighted by atomic mass is 10.0. The van der Waals surface area contributed by atoms with Gasteiger partial charge in [-0.3, -0.25) is 9.79 Å². The van der Waals surface area contributed by atoms with Crippen LogP contribution < -0.4 is 10.1 Å². The molecule has 0 unspecified atom stereocenters. The number of alkyl halides is 6. The molecule has 0 atom stereocenters. The average Bonchev–Trinajstić information content (AvgIpc) is 3.10. The molecule has 2 aromatic rings. The molecule has 13 heteroatoms. The van der Waals surface area contributed by atoms with Gasteiger partial charge in [0.25, 0.3) is 5.24 Å². The predicted octanol–water partition coefficient (Wildman–Crippen LogP) is 5.83. The highest BCUT2D eigenvalue weighted by molar-refractivity contribution is 8.18. The van der Waals surface area contributed by atoms with Gasteiger partial charge in [-0.15, -0.1) is 0 Å². The molecule has 6 nitrogen and oxygen atoms in total. The lowest BCUT2D eigenvalue weighted by Gasteiger charge is -2.17. The van der Waals surface area contributed by atoms with Gasteiger partial charge in [-0.2, -0.15) is 26.3 Å². The van der Waals surface area contributed by atoms with Gasteiger partial charge in [0.2, 0.25) is 0 Å². The molecule has 2 aromatic carbocycles. The molecule has 1 aliphatic heterocycles. The van der Waals surface area contributed by atoms with Gasteiger partial charge in [0.15, 0.2) is 0 Å². The number of aliphatic imine (C=N–C) groups is 1. The number of carboxylic acids is 1. The Morgan fingerprint density at radius 3 is 2.41 bits per heavy atom. The molecule has 0 aliphatic carbocycles. The Hall–Kier alpha value is -3.48. The molecule has 1 saturated heterocycles. The van der Waals surface area contributed by atoms with Crippen molar-refractivity contribution in [2.75, 3.05) is 7.05 Å². The van der Waals surface area contributed by atoms with Crippen LogP contribution in [0.25, 0.3) is 6.08 Å². The minimum atomic E-state index is -5.09. The van der Waals surface area contributed by atoms with Crippen LogP contribution in [-0.2, 0) is 19.0 Å². The van der Waals surface area contributed by atoms with E-state index in [0.717, 1.165) is 11.8 Å². The fraction of sp³-hybridized carbons (Fsp3) is 0.190. The molecular formula is C21H14F6N2O4S. The lowest BCUT2D eigenvalue weighted by Crippen LogP contribution is -2.18. The van der Waals surface area contributed by atoms with Crippen molar-refractivity contribution in [1.29, 1.82) is 0 Å². The minimum absolute atomic E-state index is 0.0203. The SMILES string of the molecule is CN=C1NC(=O)SC1=Cc1ccc(OCc2ccc(C(F)(F)F)cc2C(F)(F)F)c(C(=O)O)c1. The second-order valence-electron chi connectivity index (χ2n) is 6.81. The zero-order valence-electron chi connectivity index (χ0n) is 17.0. The van der Waals surface area contributed by atoms with Gasteiger partial charge < -0.3 is 15.2 Å². The number of nitrogens with one attached hydrogen (secondary N) is 1. The van der Waals surface area contributed by atoms with Crippen LogP contribution in [0.1, 0.15) is 32.6 Å². The van der Waals surface area contributed by atoms with Crippen LogP contribution in [0.2, 0.25) is 0 Å². The summed E-state index contributed by atoms with van der Waals surface area (Å²) in [5.41, 5.74) is -3.66. The van der Waals surface area contributed by atoms with Gasteiger partial charge in [0.05, 0.1) is 16.0 Å². The molecule has 180 valence electrons. The van der Waals surface area contributed by atoms with E-state index in [-0.39, 0.29) is 22.9 Å². The second kappa shape index (κ2) is 9.41. The van der Waals surface area contributed by atoms with E-state index in [1.807, 2.05) is 0 Å². The molecule has 1 amide bonds. The van der Waals surface area contributed by atoms with Crippen molar-refractivity contribution in [1.82, 2.24) is 5.32 Å². The molecule has 0 saturated carbocycles. The zero-order valence-corrected chi connectivity index (χ0v) is 17.9. The third kappa shape index (κ3) is 5.71. The normalized spacial score (nSPS) is 16.7. The summed E-state index contributed by atoms with van der Waals surface area (Å²) < 4.78 is 83.7. The molecule has 3 rings (SSSR count). The smallest absolute Gasteiger partial charge is 0.416 e. The summed E-state index contributed by atoms with van der Waals surface area (Å²) in [6, 6.07) is 4.89. The molecule has 0 radical (unpaired) electrons. The van der Waals surface area contributed by atoms with Crippen LogP contribution in [0, 0.1) is 0 Å². The lowest BCUT2D eigenvalue weighted by molar-refractivity contribution is -0.143. The number of halogens is 6. The second-order valence-corrected chi connectivity index (χ2v) is 7.83. The highest BCUT2D eigenvalue weighted by Crippen LogP contribution is 2.38. The van der Waals surface area contributed by atoms with Crippen LogP contribution in [0.5, 0.6) is 5.75 Å². The van der Waals surface area contributed by atoms with Gasteiger partial charge >= 0.3 is 18.3 Å². The summed E-state index contributed by atoms with van der Waals surface area (Å²) in [6.45, 7) is -0.825. The first-order valence-electron chi connectivity index (χ1n) is 9.24. The summed E-state index contributed by atoms with van der Waals surface area (Å²) in [4.78, 5) is 27.5. The fourth-order valence-corrected chi connectivity index (χ4v) is 3.76.